The summed E-state index contributed by atoms with van der Waals surface area (Å²) < 4.78 is 0. The lowest BCUT2D eigenvalue weighted by Crippen LogP contribution is -2.32. The Balaban J connectivity index is 2.19. The van der Waals surface area contributed by atoms with Crippen molar-refractivity contribution in [2.45, 2.75) is 24.5 Å². The van der Waals surface area contributed by atoms with Crippen molar-refractivity contribution in [3.63, 3.8) is 0 Å². The van der Waals surface area contributed by atoms with E-state index >= 15 is 0 Å². The normalized spacial score (nSPS) is 39.8. The molecule has 0 aromatic heterocycles. The number of hydrogen-bond donors (Lipinski definition) is 1. The minimum atomic E-state index is 0.649. The van der Waals surface area contributed by atoms with Gasteiger partial charge in [-0.15, -0.1) is 0 Å². The van der Waals surface area contributed by atoms with Crippen molar-refractivity contribution in [2.75, 3.05) is 6.54 Å². The third kappa shape index (κ3) is 1.88. The maximum atomic E-state index is 3.37. The molecule has 1 rings (SSSR count). The third-order valence-electron chi connectivity index (χ3n) is 1.06. The SMILES string of the molecule is CC1CNC(C)SS1. The van der Waals surface area contributed by atoms with E-state index in [0.29, 0.717) is 5.37 Å². The van der Waals surface area contributed by atoms with E-state index in [4.69, 9.17) is 0 Å². The van der Waals surface area contributed by atoms with Crippen molar-refractivity contribution in [3.05, 3.63) is 0 Å². The van der Waals surface area contributed by atoms with Crippen LogP contribution in [0.4, 0.5) is 0 Å². The summed E-state index contributed by atoms with van der Waals surface area (Å²) in [6.07, 6.45) is 0. The van der Waals surface area contributed by atoms with Gasteiger partial charge in [0.05, 0.1) is 5.37 Å². The zero-order valence-corrected chi connectivity index (χ0v) is 6.81. The van der Waals surface area contributed by atoms with Crippen molar-refractivity contribution in [3.8, 4) is 0 Å². The van der Waals surface area contributed by atoms with Gasteiger partial charge in [-0.3, -0.25) is 0 Å². The summed E-state index contributed by atoms with van der Waals surface area (Å²) >= 11 is 0. The molecule has 1 aliphatic heterocycles. The second-order valence-corrected chi connectivity index (χ2v) is 5.10. The van der Waals surface area contributed by atoms with Gasteiger partial charge in [-0.2, -0.15) is 0 Å². The highest BCUT2D eigenvalue weighted by Gasteiger charge is 2.13. The summed E-state index contributed by atoms with van der Waals surface area (Å²) in [7, 11) is 3.91. The van der Waals surface area contributed by atoms with Crippen molar-refractivity contribution in [1.29, 1.82) is 0 Å². The third-order valence-corrected chi connectivity index (χ3v) is 4.30. The Morgan fingerprint density at radius 1 is 1.38 bits per heavy atom. The Labute approximate surface area is 58.4 Å². The average molecular weight is 149 g/mol. The molecule has 3 heteroatoms. The first-order valence-corrected chi connectivity index (χ1v) is 5.12. The van der Waals surface area contributed by atoms with Gasteiger partial charge in [0.25, 0.3) is 0 Å². The quantitative estimate of drug-likeness (QED) is 0.527. The van der Waals surface area contributed by atoms with Gasteiger partial charge < -0.3 is 5.32 Å². The van der Waals surface area contributed by atoms with Crippen LogP contribution < -0.4 is 5.32 Å². The molecule has 1 saturated heterocycles. The predicted octanol–water partition coefficient (Wildman–Crippen LogP) is 1.71. The average Bonchev–Trinajstić information content (AvgIpc) is 1.77. The van der Waals surface area contributed by atoms with Crippen LogP contribution in [-0.4, -0.2) is 17.2 Å². The van der Waals surface area contributed by atoms with Crippen LogP contribution in [0.5, 0.6) is 0 Å². The van der Waals surface area contributed by atoms with Crippen molar-refractivity contribution in [2.24, 2.45) is 0 Å². The highest BCUT2D eigenvalue weighted by Crippen LogP contribution is 2.32. The number of rotatable bonds is 0. The fourth-order valence-electron chi connectivity index (χ4n) is 0.578. The van der Waals surface area contributed by atoms with E-state index in [-0.39, 0.29) is 0 Å². The lowest BCUT2D eigenvalue weighted by atomic mass is 10.5. The zero-order valence-electron chi connectivity index (χ0n) is 5.18. The molecule has 1 heterocycles. The molecule has 1 N–H and O–H groups in total. The molecule has 2 unspecified atom stereocenters. The standard InChI is InChI=1S/C5H11NS2/c1-4-3-6-5(2)8-7-4/h4-6H,3H2,1-2H3. The van der Waals surface area contributed by atoms with Crippen LogP contribution in [0.3, 0.4) is 0 Å². The maximum Gasteiger partial charge on any atom is 0.0608 e. The molecular weight excluding hydrogens is 138 g/mol. The van der Waals surface area contributed by atoms with Crippen LogP contribution in [0.15, 0.2) is 0 Å². The van der Waals surface area contributed by atoms with Crippen LogP contribution in [-0.2, 0) is 0 Å². The maximum absolute atomic E-state index is 3.37. The Morgan fingerprint density at radius 3 is 2.50 bits per heavy atom. The van der Waals surface area contributed by atoms with Crippen molar-refractivity contribution < 1.29 is 0 Å². The molecule has 0 spiro atoms. The largest absolute Gasteiger partial charge is 0.304 e. The van der Waals surface area contributed by atoms with Crippen LogP contribution in [0.25, 0.3) is 0 Å². The van der Waals surface area contributed by atoms with Crippen LogP contribution in [0.1, 0.15) is 13.8 Å². The van der Waals surface area contributed by atoms with E-state index in [9.17, 15) is 0 Å². The molecule has 48 valence electrons. The van der Waals surface area contributed by atoms with Gasteiger partial charge in [-0.1, -0.05) is 28.5 Å². The Hall–Kier alpha value is 0.660. The van der Waals surface area contributed by atoms with Gasteiger partial charge in [0.2, 0.25) is 0 Å². The molecular formula is C5H11NS2. The minimum Gasteiger partial charge on any atom is -0.304 e. The zero-order chi connectivity index (χ0) is 5.98. The van der Waals surface area contributed by atoms with Crippen LogP contribution in [0, 0.1) is 0 Å². The van der Waals surface area contributed by atoms with Crippen LogP contribution >= 0.6 is 21.6 Å². The first kappa shape index (κ1) is 6.78. The summed E-state index contributed by atoms with van der Waals surface area (Å²) in [5.41, 5.74) is 0. The molecule has 0 saturated carbocycles. The van der Waals surface area contributed by atoms with Gasteiger partial charge in [0.15, 0.2) is 0 Å². The lowest BCUT2D eigenvalue weighted by molar-refractivity contribution is 0.676. The molecule has 0 bridgehead atoms. The van der Waals surface area contributed by atoms with Crippen molar-refractivity contribution >= 4 is 21.6 Å². The highest BCUT2D eigenvalue weighted by atomic mass is 33.1. The summed E-state index contributed by atoms with van der Waals surface area (Å²) in [5.74, 6) is 0. The summed E-state index contributed by atoms with van der Waals surface area (Å²) in [4.78, 5) is 0. The number of nitrogens with one attached hydrogen (secondary N) is 1. The van der Waals surface area contributed by atoms with Gasteiger partial charge in [0, 0.05) is 11.8 Å². The van der Waals surface area contributed by atoms with E-state index < -0.39 is 0 Å². The molecule has 1 aliphatic rings. The monoisotopic (exact) mass is 149 g/mol. The Bertz CT molecular complexity index is 58.8. The Morgan fingerprint density at radius 2 is 2.12 bits per heavy atom. The van der Waals surface area contributed by atoms with Crippen LogP contribution in [0.2, 0.25) is 0 Å². The van der Waals surface area contributed by atoms with E-state index in [1.165, 1.54) is 6.54 Å². The van der Waals surface area contributed by atoms with E-state index in [1.54, 1.807) is 0 Å². The summed E-state index contributed by atoms with van der Waals surface area (Å²) in [5, 5.41) is 4.81. The molecule has 1 nitrogen and oxygen atoms in total. The second-order valence-electron chi connectivity index (χ2n) is 2.05. The van der Waals surface area contributed by atoms with Gasteiger partial charge in [-0.25, -0.2) is 0 Å². The molecule has 0 radical (unpaired) electrons. The van der Waals surface area contributed by atoms with Gasteiger partial charge in [-0.05, 0) is 6.92 Å². The first-order chi connectivity index (χ1) is 3.79. The highest BCUT2D eigenvalue weighted by molar-refractivity contribution is 8.77. The smallest absolute Gasteiger partial charge is 0.0608 e. The molecule has 0 aromatic carbocycles. The number of hydrogen-bond acceptors (Lipinski definition) is 3. The summed E-state index contributed by atoms with van der Waals surface area (Å²) in [6, 6.07) is 0. The molecule has 1 fully saturated rings. The van der Waals surface area contributed by atoms with E-state index in [2.05, 4.69) is 19.2 Å². The second kappa shape index (κ2) is 2.99. The fraction of sp³-hybridized carbons (Fsp3) is 1.00. The molecule has 0 aromatic rings. The van der Waals surface area contributed by atoms with E-state index in [1.807, 2.05) is 21.6 Å². The van der Waals surface area contributed by atoms with Crippen molar-refractivity contribution in [1.82, 2.24) is 5.32 Å². The minimum absolute atomic E-state index is 0.649. The Kier molecular flexibility index (Phi) is 2.53. The fourth-order valence-corrected chi connectivity index (χ4v) is 2.74. The lowest BCUT2D eigenvalue weighted by Gasteiger charge is -2.22. The first-order valence-electron chi connectivity index (χ1n) is 2.84. The van der Waals surface area contributed by atoms with E-state index in [0.717, 1.165) is 5.25 Å². The molecule has 8 heavy (non-hydrogen) atoms. The topological polar surface area (TPSA) is 12.0 Å². The molecule has 2 atom stereocenters. The molecule has 0 amide bonds. The molecule has 0 aliphatic carbocycles. The summed E-state index contributed by atoms with van der Waals surface area (Å²) in [6.45, 7) is 5.61. The van der Waals surface area contributed by atoms with Gasteiger partial charge >= 0.3 is 0 Å². The van der Waals surface area contributed by atoms with Gasteiger partial charge in [0.1, 0.15) is 0 Å². The predicted molar refractivity (Wildman–Crippen MR) is 42.1 cm³/mol.